The molecule has 0 aliphatic rings. The standard InChI is InChI=1S/C27H27F5/c1-2-3-4-5-6-7-18-8-11-20(24(28)15-18)12-9-19-10-13-22-21(14-19)16-25(29)23(27(22)32)17-26(30)31/h8,10-11,13-17H,2-7,9,12H2,1H3. The molecule has 0 bridgehead atoms. The summed E-state index contributed by atoms with van der Waals surface area (Å²) in [6.07, 6.45) is 5.68. The maximum Gasteiger partial charge on any atom is 0.271 e. The van der Waals surface area contributed by atoms with Crippen molar-refractivity contribution < 1.29 is 22.0 Å². The number of benzene rings is 3. The molecule has 5 heteroatoms. The minimum atomic E-state index is -2.16. The Balaban J connectivity index is 1.67. The molecule has 0 atom stereocenters. The summed E-state index contributed by atoms with van der Waals surface area (Å²) in [7, 11) is 0. The van der Waals surface area contributed by atoms with Crippen LogP contribution in [-0.2, 0) is 19.3 Å². The molecular weight excluding hydrogens is 419 g/mol. The van der Waals surface area contributed by atoms with Crippen molar-refractivity contribution in [2.45, 2.75) is 58.3 Å². The molecule has 170 valence electrons. The predicted octanol–water partition coefficient (Wildman–Crippen LogP) is 8.79. The third kappa shape index (κ3) is 6.18. The normalized spacial score (nSPS) is 11.2. The van der Waals surface area contributed by atoms with E-state index >= 15 is 0 Å². The van der Waals surface area contributed by atoms with E-state index in [1.165, 1.54) is 25.3 Å². The minimum absolute atomic E-state index is 0.0668. The predicted molar refractivity (Wildman–Crippen MR) is 120 cm³/mol. The smallest absolute Gasteiger partial charge is 0.207 e. The molecule has 0 radical (unpaired) electrons. The number of aryl methyl sites for hydroxylation is 3. The van der Waals surface area contributed by atoms with E-state index in [4.69, 9.17) is 0 Å². The minimum Gasteiger partial charge on any atom is -0.207 e. The summed E-state index contributed by atoms with van der Waals surface area (Å²) >= 11 is 0. The average Bonchev–Trinajstić information content (AvgIpc) is 2.75. The fraction of sp³-hybridized carbons (Fsp3) is 0.333. The molecule has 3 aromatic rings. The Kier molecular flexibility index (Phi) is 8.43. The molecule has 0 spiro atoms. The van der Waals surface area contributed by atoms with Gasteiger partial charge in [0, 0.05) is 11.5 Å². The second-order valence-electron chi connectivity index (χ2n) is 8.17. The Morgan fingerprint density at radius 2 is 1.47 bits per heavy atom. The topological polar surface area (TPSA) is 0 Å². The highest BCUT2D eigenvalue weighted by Crippen LogP contribution is 2.28. The molecule has 0 saturated carbocycles. The van der Waals surface area contributed by atoms with Gasteiger partial charge in [0.1, 0.15) is 17.5 Å². The van der Waals surface area contributed by atoms with Crippen LogP contribution in [0.5, 0.6) is 0 Å². The van der Waals surface area contributed by atoms with Crippen LogP contribution in [0.25, 0.3) is 16.8 Å². The summed E-state index contributed by atoms with van der Waals surface area (Å²) in [5.41, 5.74) is 1.62. The fourth-order valence-electron chi connectivity index (χ4n) is 3.95. The number of unbranched alkanes of at least 4 members (excludes halogenated alkanes) is 4. The molecule has 0 fully saturated rings. The van der Waals surface area contributed by atoms with E-state index in [9.17, 15) is 22.0 Å². The van der Waals surface area contributed by atoms with Crippen molar-refractivity contribution in [3.63, 3.8) is 0 Å². The first-order valence-electron chi connectivity index (χ1n) is 11.1. The number of hydrogen-bond acceptors (Lipinski definition) is 0. The molecule has 32 heavy (non-hydrogen) atoms. The number of halogens is 5. The van der Waals surface area contributed by atoms with Crippen molar-refractivity contribution in [3.05, 3.63) is 88.3 Å². The monoisotopic (exact) mass is 446 g/mol. The summed E-state index contributed by atoms with van der Waals surface area (Å²) < 4.78 is 68.0. The molecule has 0 aromatic heterocycles. The summed E-state index contributed by atoms with van der Waals surface area (Å²) in [4.78, 5) is 0. The molecule has 3 rings (SSSR count). The van der Waals surface area contributed by atoms with Gasteiger partial charge in [-0.05, 0) is 59.9 Å². The zero-order valence-electron chi connectivity index (χ0n) is 18.2. The van der Waals surface area contributed by atoms with Crippen LogP contribution in [-0.4, -0.2) is 0 Å². The Morgan fingerprint density at radius 1 is 0.750 bits per heavy atom. The van der Waals surface area contributed by atoms with Gasteiger partial charge < -0.3 is 0 Å². The Bertz CT molecular complexity index is 1100. The second kappa shape index (κ2) is 11.3. The van der Waals surface area contributed by atoms with Gasteiger partial charge in [0.15, 0.2) is 0 Å². The van der Waals surface area contributed by atoms with Crippen LogP contribution in [0.1, 0.15) is 61.3 Å². The van der Waals surface area contributed by atoms with Gasteiger partial charge in [-0.1, -0.05) is 62.9 Å². The maximum atomic E-state index is 14.5. The quantitative estimate of drug-likeness (QED) is 0.216. The van der Waals surface area contributed by atoms with Crippen LogP contribution < -0.4 is 0 Å². The molecule has 0 aliphatic carbocycles. The van der Waals surface area contributed by atoms with E-state index in [-0.39, 0.29) is 22.7 Å². The fourth-order valence-corrected chi connectivity index (χ4v) is 3.95. The van der Waals surface area contributed by atoms with Crippen molar-refractivity contribution >= 4 is 16.8 Å². The lowest BCUT2D eigenvalue weighted by molar-refractivity contribution is 0.428. The second-order valence-corrected chi connectivity index (χ2v) is 8.17. The van der Waals surface area contributed by atoms with Crippen molar-refractivity contribution in [2.24, 2.45) is 0 Å². The van der Waals surface area contributed by atoms with E-state index in [0.29, 0.717) is 18.4 Å². The van der Waals surface area contributed by atoms with Crippen LogP contribution in [0.2, 0.25) is 0 Å². The molecule has 0 amide bonds. The highest BCUT2D eigenvalue weighted by molar-refractivity contribution is 5.86. The van der Waals surface area contributed by atoms with Gasteiger partial charge in [0.2, 0.25) is 0 Å². The lowest BCUT2D eigenvalue weighted by atomic mass is 9.98. The first-order chi connectivity index (χ1) is 15.4. The van der Waals surface area contributed by atoms with Gasteiger partial charge in [-0.15, -0.1) is 0 Å². The zero-order chi connectivity index (χ0) is 23.1. The van der Waals surface area contributed by atoms with E-state index in [1.54, 1.807) is 24.3 Å². The highest BCUT2D eigenvalue weighted by Gasteiger charge is 2.14. The summed E-state index contributed by atoms with van der Waals surface area (Å²) in [6, 6.07) is 11.1. The molecule has 0 N–H and O–H groups in total. The number of fused-ring (bicyclic) bond motifs is 1. The van der Waals surface area contributed by atoms with Crippen molar-refractivity contribution in [2.75, 3.05) is 0 Å². The van der Waals surface area contributed by atoms with Gasteiger partial charge in [-0.25, -0.2) is 13.2 Å². The molecule has 3 aromatic carbocycles. The number of hydrogen-bond donors (Lipinski definition) is 0. The first-order valence-corrected chi connectivity index (χ1v) is 11.1. The van der Waals surface area contributed by atoms with Crippen LogP contribution >= 0.6 is 0 Å². The SMILES string of the molecule is CCCCCCCc1ccc(CCc2ccc3c(F)c(C=C(F)F)c(F)cc3c2)c(F)c1. The van der Waals surface area contributed by atoms with Crippen LogP contribution in [0.4, 0.5) is 22.0 Å². The third-order valence-electron chi connectivity index (χ3n) is 5.75. The van der Waals surface area contributed by atoms with Gasteiger partial charge >= 0.3 is 0 Å². The Labute approximate surface area is 185 Å². The van der Waals surface area contributed by atoms with Crippen molar-refractivity contribution in [3.8, 4) is 0 Å². The summed E-state index contributed by atoms with van der Waals surface area (Å²) in [5.74, 6) is -2.30. The maximum absolute atomic E-state index is 14.5. The lowest BCUT2D eigenvalue weighted by Crippen LogP contribution is -1.98. The van der Waals surface area contributed by atoms with Gasteiger partial charge in [0.25, 0.3) is 6.08 Å². The van der Waals surface area contributed by atoms with E-state index < -0.39 is 23.3 Å². The van der Waals surface area contributed by atoms with Gasteiger partial charge in [-0.3, -0.25) is 0 Å². The lowest BCUT2D eigenvalue weighted by Gasteiger charge is -2.09. The average molecular weight is 447 g/mol. The molecule has 0 nitrogen and oxygen atoms in total. The van der Waals surface area contributed by atoms with E-state index in [0.717, 1.165) is 36.5 Å². The summed E-state index contributed by atoms with van der Waals surface area (Å²) in [5, 5.41) is 0.352. The van der Waals surface area contributed by atoms with E-state index in [2.05, 4.69) is 6.92 Å². The van der Waals surface area contributed by atoms with Crippen LogP contribution in [0.15, 0.2) is 48.5 Å². The van der Waals surface area contributed by atoms with Crippen LogP contribution in [0, 0.1) is 17.5 Å². The zero-order valence-corrected chi connectivity index (χ0v) is 18.2. The number of rotatable bonds is 10. The van der Waals surface area contributed by atoms with Gasteiger partial charge in [0.05, 0.1) is 5.56 Å². The highest BCUT2D eigenvalue weighted by atomic mass is 19.3. The molecule has 0 saturated heterocycles. The third-order valence-corrected chi connectivity index (χ3v) is 5.75. The molecule has 0 aliphatic heterocycles. The first kappa shape index (κ1) is 24.0. The Morgan fingerprint density at radius 3 is 2.19 bits per heavy atom. The molecule has 0 unspecified atom stereocenters. The largest absolute Gasteiger partial charge is 0.271 e. The van der Waals surface area contributed by atoms with Crippen LogP contribution in [0.3, 0.4) is 0 Å². The van der Waals surface area contributed by atoms with Gasteiger partial charge in [-0.2, -0.15) is 8.78 Å². The Hall–Kier alpha value is -2.69. The van der Waals surface area contributed by atoms with E-state index in [1.807, 2.05) is 6.07 Å². The molecule has 0 heterocycles. The summed E-state index contributed by atoms with van der Waals surface area (Å²) in [6.45, 7) is 2.17. The molecular formula is C27H27F5. The van der Waals surface area contributed by atoms with Crippen molar-refractivity contribution in [1.82, 2.24) is 0 Å². The van der Waals surface area contributed by atoms with Crippen molar-refractivity contribution in [1.29, 1.82) is 0 Å².